The third-order valence-electron chi connectivity index (χ3n) is 12.4. The first-order chi connectivity index (χ1) is 31.5. The van der Waals surface area contributed by atoms with Crippen molar-refractivity contribution in [1.29, 1.82) is 0 Å². The van der Waals surface area contributed by atoms with Gasteiger partial charge in [-0.2, -0.15) is 0 Å². The quantitative estimate of drug-likeness (QED) is 0.0557. The predicted molar refractivity (Wildman–Crippen MR) is 252 cm³/mol. The summed E-state index contributed by atoms with van der Waals surface area (Å²) in [6, 6.07) is 18.6. The molecular formula is C50H64N8O8. The van der Waals surface area contributed by atoms with Gasteiger partial charge in [0.1, 0.15) is 24.2 Å². The van der Waals surface area contributed by atoms with Gasteiger partial charge in [-0.05, 0) is 59.9 Å². The van der Waals surface area contributed by atoms with Gasteiger partial charge in [-0.3, -0.25) is 39.4 Å². The molecule has 0 unspecified atom stereocenters. The lowest BCUT2D eigenvalue weighted by Gasteiger charge is -2.38. The number of fused-ring (bicyclic) bond motifs is 2. The van der Waals surface area contributed by atoms with Gasteiger partial charge in [0, 0.05) is 73.5 Å². The van der Waals surface area contributed by atoms with Gasteiger partial charge in [-0.1, -0.05) is 94.4 Å². The van der Waals surface area contributed by atoms with Gasteiger partial charge in [-0.15, -0.1) is 0 Å². The average Bonchev–Trinajstić information content (AvgIpc) is 4.05. The summed E-state index contributed by atoms with van der Waals surface area (Å²) in [5.41, 5.74) is 4.13. The van der Waals surface area contributed by atoms with Gasteiger partial charge < -0.3 is 41.0 Å². The number of likely N-dealkylation sites (tertiary alicyclic amines) is 1. The maximum atomic E-state index is 14.5. The molecule has 5 aromatic rings. The minimum atomic E-state index is -1.51. The number of rotatable bonds is 20. The Morgan fingerprint density at radius 1 is 0.652 bits per heavy atom. The van der Waals surface area contributed by atoms with Crippen LogP contribution in [0.5, 0.6) is 0 Å². The smallest absolute Gasteiger partial charge is 0.249 e. The van der Waals surface area contributed by atoms with Crippen LogP contribution in [0.15, 0.2) is 91.3 Å². The van der Waals surface area contributed by atoms with Crippen LogP contribution in [0.3, 0.4) is 0 Å². The lowest BCUT2D eigenvalue weighted by Crippen LogP contribution is -2.62. The fraction of sp³-hybridized carbons (Fsp3) is 0.440. The number of amides is 6. The summed E-state index contributed by atoms with van der Waals surface area (Å²) in [6.45, 7) is 10.1. The summed E-state index contributed by atoms with van der Waals surface area (Å²) in [4.78, 5) is 88.5. The molecule has 16 nitrogen and oxygen atoms in total. The van der Waals surface area contributed by atoms with Crippen LogP contribution in [0, 0.1) is 11.8 Å². The molecule has 1 aliphatic heterocycles. The molecule has 1 fully saturated rings. The summed E-state index contributed by atoms with van der Waals surface area (Å²) in [6.07, 6.45) is 1.91. The SMILES string of the molecule is CC(=O)NC(=O)[C@H](Cc1c[nH]c2ccccc12)NC(=O)[C@@H](N[C@@H](Cc1ccccc1)[C@H](O)[C@@H](O)[C@@H]1CCCN1C(=O)[C@@H](NC(=O)[C@H](Cc1c[nH]c2ccccc12)NC(C)=O)C(C)C)C(C)C. The highest BCUT2D eigenvalue weighted by Gasteiger charge is 2.44. The summed E-state index contributed by atoms with van der Waals surface area (Å²) in [7, 11) is 0. The van der Waals surface area contributed by atoms with Crippen LogP contribution >= 0.6 is 0 Å². The number of aliphatic hydroxyl groups excluding tert-OH is 2. The average molecular weight is 905 g/mol. The van der Waals surface area contributed by atoms with E-state index in [1.165, 1.54) is 18.7 Å². The summed E-state index contributed by atoms with van der Waals surface area (Å²) >= 11 is 0. The molecule has 0 spiro atoms. The predicted octanol–water partition coefficient (Wildman–Crippen LogP) is 3.17. The number of aromatic nitrogens is 2. The Labute approximate surface area is 385 Å². The lowest BCUT2D eigenvalue weighted by atomic mass is 9.90. The van der Waals surface area contributed by atoms with Gasteiger partial charge in [0.25, 0.3) is 0 Å². The summed E-state index contributed by atoms with van der Waals surface area (Å²) in [5, 5.41) is 40.2. The highest BCUT2D eigenvalue weighted by molar-refractivity contribution is 5.99. The Morgan fingerprint density at radius 3 is 1.74 bits per heavy atom. The molecule has 0 saturated carbocycles. The minimum absolute atomic E-state index is 0.0792. The number of imide groups is 1. The molecule has 0 bridgehead atoms. The van der Waals surface area contributed by atoms with Gasteiger partial charge in [-0.25, -0.2) is 0 Å². The van der Waals surface area contributed by atoms with Crippen molar-refractivity contribution in [1.82, 2.24) is 41.5 Å². The van der Waals surface area contributed by atoms with E-state index >= 15 is 0 Å². The maximum absolute atomic E-state index is 14.5. The zero-order chi connectivity index (χ0) is 47.7. The molecule has 0 radical (unpaired) electrons. The van der Waals surface area contributed by atoms with Crippen molar-refractivity contribution in [3.63, 3.8) is 0 Å². The fourth-order valence-corrected chi connectivity index (χ4v) is 9.01. The van der Waals surface area contributed by atoms with Crippen molar-refractivity contribution in [3.8, 4) is 0 Å². The zero-order valence-corrected chi connectivity index (χ0v) is 38.5. The molecule has 3 aromatic carbocycles. The van der Waals surface area contributed by atoms with E-state index in [0.29, 0.717) is 12.8 Å². The number of carbonyl (C=O) groups excluding carboxylic acids is 6. The first-order valence-corrected chi connectivity index (χ1v) is 22.8. The Kier molecular flexibility index (Phi) is 16.5. The van der Waals surface area contributed by atoms with E-state index in [2.05, 4.69) is 36.6 Å². The molecule has 2 aromatic heterocycles. The summed E-state index contributed by atoms with van der Waals surface area (Å²) < 4.78 is 0. The van der Waals surface area contributed by atoms with Crippen molar-refractivity contribution in [2.24, 2.45) is 11.8 Å². The molecule has 8 atom stereocenters. The van der Waals surface area contributed by atoms with E-state index in [0.717, 1.165) is 38.5 Å². The number of nitrogens with zero attached hydrogens (tertiary/aromatic N) is 1. The second kappa shape index (κ2) is 22.2. The number of nitrogens with one attached hydrogen (secondary N) is 7. The van der Waals surface area contributed by atoms with E-state index in [4.69, 9.17) is 0 Å². The molecule has 6 rings (SSSR count). The number of hydrogen-bond acceptors (Lipinski definition) is 9. The topological polar surface area (TPSA) is 238 Å². The Balaban J connectivity index is 1.20. The van der Waals surface area contributed by atoms with Crippen LogP contribution < -0.4 is 26.6 Å². The van der Waals surface area contributed by atoms with Crippen molar-refractivity contribution in [3.05, 3.63) is 108 Å². The Hall–Kier alpha value is -6.36. The molecular weight excluding hydrogens is 841 g/mol. The van der Waals surface area contributed by atoms with Crippen LogP contribution in [0.4, 0.5) is 0 Å². The molecule has 16 heteroatoms. The van der Waals surface area contributed by atoms with E-state index in [1.54, 1.807) is 26.2 Å². The van der Waals surface area contributed by atoms with Crippen molar-refractivity contribution < 1.29 is 39.0 Å². The van der Waals surface area contributed by atoms with Gasteiger partial charge in [0.2, 0.25) is 35.4 Å². The first kappa shape index (κ1) is 49.1. The minimum Gasteiger partial charge on any atom is -0.389 e. The van der Waals surface area contributed by atoms with Crippen molar-refractivity contribution >= 4 is 57.2 Å². The van der Waals surface area contributed by atoms with Crippen LogP contribution in [-0.2, 0) is 48.0 Å². The lowest BCUT2D eigenvalue weighted by molar-refractivity contribution is -0.142. The number of hydrogen-bond donors (Lipinski definition) is 9. The van der Waals surface area contributed by atoms with E-state index in [9.17, 15) is 39.0 Å². The summed E-state index contributed by atoms with van der Waals surface area (Å²) in [5.74, 6) is -3.94. The van der Waals surface area contributed by atoms with Crippen molar-refractivity contribution in [2.45, 2.75) is 122 Å². The van der Waals surface area contributed by atoms with E-state index in [-0.39, 0.29) is 37.6 Å². The van der Waals surface area contributed by atoms with Gasteiger partial charge in [0.05, 0.1) is 18.2 Å². The standard InChI is InChI=1S/C50H64N8O8/c1-28(2)43(49(65)56-41(47(63)54-31(6)60)25-34-27-52-38-20-13-11-18-36(34)38)55-39(23-32-15-8-7-9-16-32)45(61)46(62)42-21-14-22-58(42)50(66)44(29(3)4)57-48(64)40(53-30(5)59)24-33-26-51-37-19-12-10-17-35(33)37/h7-13,15-20,26-29,39-46,51-52,55,61-62H,14,21-25H2,1-6H3,(H,53,59)(H,56,65)(H,57,64)(H,54,60,63)/t39-,40-,41-,42-,43-,44-,45-,46-/m0/s1. The molecule has 1 aliphatic rings. The second-order valence-corrected chi connectivity index (χ2v) is 18.1. The Morgan fingerprint density at radius 2 is 1.20 bits per heavy atom. The second-order valence-electron chi connectivity index (χ2n) is 18.1. The largest absolute Gasteiger partial charge is 0.389 e. The zero-order valence-electron chi connectivity index (χ0n) is 38.5. The number of aliphatic hydroxyl groups is 2. The van der Waals surface area contributed by atoms with Crippen LogP contribution in [0.1, 0.15) is 71.1 Å². The molecule has 1 saturated heterocycles. The normalized spacial score (nSPS) is 17.2. The molecule has 6 amide bonds. The van der Waals surface area contributed by atoms with E-state index < -0.39 is 83.9 Å². The van der Waals surface area contributed by atoms with Crippen LogP contribution in [0.2, 0.25) is 0 Å². The number of H-pyrrole nitrogens is 2. The van der Waals surface area contributed by atoms with Crippen LogP contribution in [-0.4, -0.2) is 116 Å². The highest BCUT2D eigenvalue weighted by atomic mass is 16.3. The third kappa shape index (κ3) is 12.1. The van der Waals surface area contributed by atoms with Gasteiger partial charge >= 0.3 is 0 Å². The molecule has 352 valence electrons. The fourth-order valence-electron chi connectivity index (χ4n) is 9.01. The number of benzene rings is 3. The number of carbonyl (C=O) groups is 6. The third-order valence-corrected chi connectivity index (χ3v) is 12.4. The van der Waals surface area contributed by atoms with Gasteiger partial charge in [0.15, 0.2) is 0 Å². The Bertz CT molecular complexity index is 2480. The molecule has 66 heavy (non-hydrogen) atoms. The number of aromatic amines is 2. The molecule has 3 heterocycles. The molecule has 0 aliphatic carbocycles. The monoisotopic (exact) mass is 904 g/mol. The van der Waals surface area contributed by atoms with Crippen LogP contribution in [0.25, 0.3) is 21.8 Å². The van der Waals surface area contributed by atoms with E-state index in [1.807, 2.05) is 92.7 Å². The van der Waals surface area contributed by atoms with Crippen molar-refractivity contribution in [2.75, 3.05) is 6.54 Å². The highest BCUT2D eigenvalue weighted by Crippen LogP contribution is 2.27. The molecule has 9 N–H and O–H groups in total. The number of para-hydroxylation sites is 2. The maximum Gasteiger partial charge on any atom is 0.249 e. The first-order valence-electron chi connectivity index (χ1n) is 22.8.